The zero-order valence-electron chi connectivity index (χ0n) is 35.4. The number of hydrogen-bond donors (Lipinski definition) is 4. The third-order valence-electron chi connectivity index (χ3n) is 13.2. The number of piperidine rings is 1. The molecule has 1 saturated carbocycles. The van der Waals surface area contributed by atoms with Gasteiger partial charge in [0.25, 0.3) is 11.7 Å². The van der Waals surface area contributed by atoms with Crippen molar-refractivity contribution in [3.8, 4) is 0 Å². The summed E-state index contributed by atoms with van der Waals surface area (Å²) in [6.45, 7) is 10.6. The Bertz CT molecular complexity index is 1470. The molecule has 14 heteroatoms. The number of amides is 1. The second kappa shape index (κ2) is 20.6. The minimum Gasteiger partial charge on any atom is -0.456 e. The van der Waals surface area contributed by atoms with Crippen molar-refractivity contribution in [2.75, 3.05) is 27.9 Å². The lowest BCUT2D eigenvalue weighted by Gasteiger charge is -2.47. The summed E-state index contributed by atoms with van der Waals surface area (Å²) in [7, 11) is 4.49. The molecular weight excluding hydrogens is 738 g/mol. The predicted octanol–water partition coefficient (Wildman–Crippen LogP) is 3.44. The average molecular weight is 808 g/mol. The first-order chi connectivity index (χ1) is 26.9. The summed E-state index contributed by atoms with van der Waals surface area (Å²) >= 11 is 0. The zero-order chi connectivity index (χ0) is 42.4. The monoisotopic (exact) mass is 807 g/mol. The first kappa shape index (κ1) is 47.1. The van der Waals surface area contributed by atoms with E-state index in [0.717, 1.165) is 4.90 Å². The number of aliphatic hydroxyl groups excluding tert-OH is 3. The van der Waals surface area contributed by atoms with Crippen LogP contribution in [0.3, 0.4) is 0 Å². The molecule has 0 unspecified atom stereocenters. The molecule has 3 aliphatic heterocycles. The minimum absolute atomic E-state index is 0.0255. The molecule has 2 bridgehead atoms. The Kier molecular flexibility index (Phi) is 17.0. The van der Waals surface area contributed by atoms with Gasteiger partial charge in [-0.3, -0.25) is 14.4 Å². The van der Waals surface area contributed by atoms with Gasteiger partial charge in [0.15, 0.2) is 0 Å². The molecule has 2 saturated heterocycles. The summed E-state index contributed by atoms with van der Waals surface area (Å²) in [5.41, 5.74) is 1.19. The topological polar surface area (TPSA) is 199 Å². The number of carbonyl (C=O) groups excluding carboxylic acids is 4. The molecule has 4 rings (SSSR count). The Labute approximate surface area is 338 Å². The van der Waals surface area contributed by atoms with Gasteiger partial charge in [-0.25, -0.2) is 4.79 Å². The average Bonchev–Trinajstić information content (AvgIpc) is 3.20. The molecule has 1 aliphatic carbocycles. The lowest BCUT2D eigenvalue weighted by molar-refractivity contribution is -0.302. The number of allylic oxidation sites excluding steroid dienone is 2. The summed E-state index contributed by atoms with van der Waals surface area (Å²) in [6, 6.07) is -1.16. The standard InChI is InChI=1S/C43H69NO13/c1-10-29-18-23(2)37(48)24(3)19-35(54-8)39-36(55-9)20-26(5)43(52,57-39)40(49)41(50)44-16-12-11-13-30(44)42(51)56-38(27(6)32(46)22-33(29)47)25(4)17-28-14-15-31(45)34(21-28)53-7/h17-18,24,26-32,34-39,45-46,48,52H,10-16,19-22H2,1-9H3/b23-18+,25-17?/t24-,26-,27-,28+,29-,30+,31-,32+,34-,35+,36+,37-,38-,39-,43-/m1/s1. The van der Waals surface area contributed by atoms with E-state index in [2.05, 4.69) is 0 Å². The maximum Gasteiger partial charge on any atom is 0.329 e. The Hall–Kier alpha value is -2.56. The second-order valence-electron chi connectivity index (χ2n) is 17.2. The molecule has 0 aromatic carbocycles. The number of Topliss-reactive ketones (excluding diaryl/α,β-unsaturated/α-hetero) is 2. The van der Waals surface area contributed by atoms with Crippen molar-refractivity contribution in [1.29, 1.82) is 0 Å². The molecule has 0 spiro atoms. The van der Waals surface area contributed by atoms with Gasteiger partial charge in [-0.1, -0.05) is 39.8 Å². The van der Waals surface area contributed by atoms with E-state index in [0.29, 0.717) is 49.7 Å². The lowest BCUT2D eigenvalue weighted by Crippen LogP contribution is -2.64. The molecular formula is C43H69NO13. The Morgan fingerprint density at radius 1 is 0.912 bits per heavy atom. The smallest absolute Gasteiger partial charge is 0.329 e. The summed E-state index contributed by atoms with van der Waals surface area (Å²) in [5.74, 6) is -8.59. The number of cyclic esters (lactones) is 1. The van der Waals surface area contributed by atoms with Crippen LogP contribution in [0.1, 0.15) is 106 Å². The van der Waals surface area contributed by atoms with Gasteiger partial charge in [0.05, 0.1) is 36.6 Å². The van der Waals surface area contributed by atoms with Crippen molar-refractivity contribution in [2.24, 2.45) is 29.6 Å². The minimum atomic E-state index is -2.57. The van der Waals surface area contributed by atoms with Crippen molar-refractivity contribution in [3.63, 3.8) is 0 Å². The van der Waals surface area contributed by atoms with Crippen LogP contribution in [0.4, 0.5) is 0 Å². The molecule has 0 radical (unpaired) electrons. The normalized spacial score (nSPS) is 42.4. The molecule has 3 fully saturated rings. The largest absolute Gasteiger partial charge is 0.456 e. The predicted molar refractivity (Wildman–Crippen MR) is 209 cm³/mol. The van der Waals surface area contributed by atoms with Crippen LogP contribution < -0.4 is 0 Å². The number of methoxy groups -OCH3 is 3. The molecule has 3 heterocycles. The van der Waals surface area contributed by atoms with Gasteiger partial charge in [-0.2, -0.15) is 0 Å². The number of aliphatic hydroxyl groups is 4. The number of rotatable bonds is 6. The highest BCUT2D eigenvalue weighted by atomic mass is 16.7. The molecule has 57 heavy (non-hydrogen) atoms. The quantitative estimate of drug-likeness (QED) is 0.173. The summed E-state index contributed by atoms with van der Waals surface area (Å²) < 4.78 is 29.6. The molecule has 15 atom stereocenters. The third-order valence-corrected chi connectivity index (χ3v) is 13.2. The molecule has 0 aromatic rings. The van der Waals surface area contributed by atoms with Gasteiger partial charge in [0, 0.05) is 52.0 Å². The molecule has 324 valence electrons. The number of ether oxygens (including phenoxy) is 5. The van der Waals surface area contributed by atoms with Gasteiger partial charge < -0.3 is 49.0 Å². The number of nitrogens with zero attached hydrogens (tertiary/aromatic N) is 1. The van der Waals surface area contributed by atoms with Crippen LogP contribution in [-0.4, -0.2) is 137 Å². The fourth-order valence-electron chi connectivity index (χ4n) is 9.31. The molecule has 14 nitrogen and oxygen atoms in total. The second-order valence-corrected chi connectivity index (χ2v) is 17.2. The van der Waals surface area contributed by atoms with E-state index in [-0.39, 0.29) is 50.0 Å². The highest BCUT2D eigenvalue weighted by molar-refractivity contribution is 6.39. The van der Waals surface area contributed by atoms with E-state index in [1.165, 1.54) is 14.2 Å². The first-order valence-electron chi connectivity index (χ1n) is 20.9. The van der Waals surface area contributed by atoms with E-state index < -0.39 is 95.9 Å². The van der Waals surface area contributed by atoms with E-state index in [4.69, 9.17) is 23.7 Å². The number of ketones is 2. The van der Waals surface area contributed by atoms with Crippen LogP contribution in [0.2, 0.25) is 0 Å². The van der Waals surface area contributed by atoms with Crippen LogP contribution in [0.5, 0.6) is 0 Å². The Morgan fingerprint density at radius 2 is 1.56 bits per heavy atom. The van der Waals surface area contributed by atoms with Gasteiger partial charge in [-0.15, -0.1) is 0 Å². The number of fused-ring (bicyclic) bond motifs is 3. The fraction of sp³-hybridized carbons (Fsp3) is 0.814. The number of carbonyl (C=O) groups is 4. The van der Waals surface area contributed by atoms with Gasteiger partial charge >= 0.3 is 5.97 Å². The van der Waals surface area contributed by atoms with Crippen LogP contribution in [0.15, 0.2) is 23.3 Å². The van der Waals surface area contributed by atoms with Crippen LogP contribution >= 0.6 is 0 Å². The molecule has 0 aromatic heterocycles. The zero-order valence-corrected chi connectivity index (χ0v) is 35.4. The SMILES string of the molecule is CC[C@@H]1/C=C(\C)[C@@H](O)[C@H](C)C[C@H](OC)[C@H]2O[C@@](O)(C(=O)C(=O)N3CCCC[C@H]3C(=O)O[C@H](C(C)=C[C@@H]3CC[C@@H](O)[C@H](OC)C3)[C@H](C)[C@@H](O)CC1=O)[C@H](C)C[C@@H]2OC. The van der Waals surface area contributed by atoms with Crippen LogP contribution in [0.25, 0.3) is 0 Å². The Balaban J connectivity index is 1.79. The highest BCUT2D eigenvalue weighted by Gasteiger charge is 2.56. The van der Waals surface area contributed by atoms with E-state index >= 15 is 0 Å². The molecule has 4 aliphatic rings. The summed E-state index contributed by atoms with van der Waals surface area (Å²) in [4.78, 5) is 57.7. The van der Waals surface area contributed by atoms with Crippen molar-refractivity contribution in [2.45, 2.75) is 166 Å². The molecule has 1 amide bonds. The first-order valence-corrected chi connectivity index (χ1v) is 20.9. The highest BCUT2D eigenvalue weighted by Crippen LogP contribution is 2.39. The van der Waals surface area contributed by atoms with Crippen molar-refractivity contribution in [3.05, 3.63) is 23.3 Å². The maximum atomic E-state index is 14.3. The van der Waals surface area contributed by atoms with Crippen molar-refractivity contribution in [1.82, 2.24) is 4.90 Å². The number of esters is 1. The van der Waals surface area contributed by atoms with Crippen molar-refractivity contribution >= 4 is 23.4 Å². The van der Waals surface area contributed by atoms with E-state index in [1.807, 2.05) is 19.9 Å². The van der Waals surface area contributed by atoms with Crippen molar-refractivity contribution < 1.29 is 63.3 Å². The van der Waals surface area contributed by atoms with Gasteiger partial charge in [0.1, 0.15) is 24.0 Å². The fourth-order valence-corrected chi connectivity index (χ4v) is 9.31. The van der Waals surface area contributed by atoms with E-state index in [9.17, 15) is 39.6 Å². The van der Waals surface area contributed by atoms with Crippen LogP contribution in [0, 0.1) is 29.6 Å². The third kappa shape index (κ3) is 10.8. The lowest BCUT2D eigenvalue weighted by atomic mass is 9.81. The van der Waals surface area contributed by atoms with Crippen LogP contribution in [-0.2, 0) is 42.9 Å². The van der Waals surface area contributed by atoms with Gasteiger partial charge in [-0.05, 0) is 94.6 Å². The summed E-state index contributed by atoms with van der Waals surface area (Å²) in [5, 5.41) is 45.6. The maximum absolute atomic E-state index is 14.3. The molecule has 4 N–H and O–H groups in total. The van der Waals surface area contributed by atoms with Gasteiger partial charge in [0.2, 0.25) is 5.79 Å². The number of hydrogen-bond acceptors (Lipinski definition) is 13. The summed E-state index contributed by atoms with van der Waals surface area (Å²) in [6.07, 6.45) is 0.618. The van der Waals surface area contributed by atoms with E-state index in [1.54, 1.807) is 40.9 Å². The Morgan fingerprint density at radius 3 is 2.19 bits per heavy atom.